The van der Waals surface area contributed by atoms with Gasteiger partial charge in [-0.05, 0) is 12.1 Å². The van der Waals surface area contributed by atoms with E-state index in [9.17, 15) is 65.9 Å². The fourth-order valence-corrected chi connectivity index (χ4v) is 7.32. The maximum atomic E-state index is 15.4. The molecule has 0 saturated heterocycles. The predicted molar refractivity (Wildman–Crippen MR) is 184 cm³/mol. The average Bonchev–Trinajstić information content (AvgIpc) is 3.29. The summed E-state index contributed by atoms with van der Waals surface area (Å²) in [6.45, 7) is 0.192. The lowest BCUT2D eigenvalue weighted by molar-refractivity contribution is -0.682. The monoisotopic (exact) mass is 967 g/mol. The first kappa shape index (κ1) is 48.6. The molecule has 0 aliphatic heterocycles. The number of fused-ring (bicyclic) bond motifs is 1. The second-order valence-electron chi connectivity index (χ2n) is 13.6. The van der Waals surface area contributed by atoms with Gasteiger partial charge in [0.05, 0.1) is 0 Å². The van der Waals surface area contributed by atoms with Crippen molar-refractivity contribution < 1.29 is 106 Å². The van der Waals surface area contributed by atoms with Crippen LogP contribution in [0.4, 0.5) is 101 Å². The van der Waals surface area contributed by atoms with Gasteiger partial charge < -0.3 is 0 Å². The van der Waals surface area contributed by atoms with Crippen LogP contribution in [0.3, 0.4) is 0 Å². The Bertz CT molecular complexity index is 2720. The lowest BCUT2D eigenvalue weighted by Crippen LogP contribution is -2.81. The Labute approximate surface area is 351 Å². The van der Waals surface area contributed by atoms with Gasteiger partial charge in [-0.2, -0.15) is 17.7 Å². The maximum Gasteiger partial charge on any atom is 0.477 e. The first-order valence-electron chi connectivity index (χ1n) is 17.5. The van der Waals surface area contributed by atoms with Crippen LogP contribution in [0.1, 0.15) is 11.3 Å². The molecule has 0 atom stereocenters. The molecule has 0 bridgehead atoms. The average molecular weight is 967 g/mol. The highest BCUT2D eigenvalue weighted by Crippen LogP contribution is 2.32. The van der Waals surface area contributed by atoms with E-state index in [4.69, 9.17) is 0 Å². The second kappa shape index (κ2) is 17.5. The highest BCUT2D eigenvalue weighted by molar-refractivity contribution is 7.20. The Morgan fingerprint density at radius 3 is 0.894 bits per heavy atom. The Balaban J connectivity index is 0.000000284. The Morgan fingerprint density at radius 1 is 0.318 bits per heavy atom. The summed E-state index contributed by atoms with van der Waals surface area (Å²) in [7, 11) is 0. The van der Waals surface area contributed by atoms with E-state index in [0.29, 0.717) is 5.52 Å². The van der Waals surface area contributed by atoms with Crippen LogP contribution in [0, 0.1) is 116 Å². The van der Waals surface area contributed by atoms with Crippen LogP contribution in [0.25, 0.3) is 10.9 Å². The van der Waals surface area contributed by atoms with Gasteiger partial charge in [-0.3, -0.25) is 0 Å². The molecule has 0 aliphatic rings. The van der Waals surface area contributed by atoms with Gasteiger partial charge in [0.1, 0.15) is 52.7 Å². The molecule has 346 valence electrons. The van der Waals surface area contributed by atoms with E-state index in [1.807, 2.05) is 42.5 Å². The lowest BCUT2D eigenvalue weighted by Gasteiger charge is -2.44. The molecule has 66 heavy (non-hydrogen) atoms. The van der Waals surface area contributed by atoms with Gasteiger partial charge in [0.15, 0.2) is 76.4 Å². The van der Waals surface area contributed by atoms with Crippen molar-refractivity contribution in [2.75, 3.05) is 0 Å². The zero-order valence-electron chi connectivity index (χ0n) is 31.3. The fraction of sp³-hybridized carbons (Fsp3) is 0.0488. The van der Waals surface area contributed by atoms with Gasteiger partial charge in [-0.15, -0.1) is 21.9 Å². The van der Waals surface area contributed by atoms with Crippen molar-refractivity contribution in [2.24, 2.45) is 0 Å². The van der Waals surface area contributed by atoms with Gasteiger partial charge in [-0.25, -0.2) is 87.8 Å². The number of nitrogens with zero attached hydrogens (tertiary/aromatic N) is 1. The molecule has 0 N–H and O–H groups in total. The number of halogens is 23. The summed E-state index contributed by atoms with van der Waals surface area (Å²) < 4.78 is 335. The maximum absolute atomic E-state index is 15.4. The summed E-state index contributed by atoms with van der Waals surface area (Å²) in [4.78, 5) is 0. The number of hydrogen-bond acceptors (Lipinski definition) is 0. The van der Waals surface area contributed by atoms with E-state index in [1.54, 1.807) is 12.1 Å². The van der Waals surface area contributed by atoms with Crippen molar-refractivity contribution in [2.45, 2.75) is 12.7 Å². The van der Waals surface area contributed by atoms with Gasteiger partial charge in [0.2, 0.25) is 5.52 Å². The molecule has 7 rings (SSSR count). The van der Waals surface area contributed by atoms with Crippen molar-refractivity contribution >= 4 is 38.9 Å². The molecule has 0 unspecified atom stereocenters. The minimum absolute atomic E-state index is 0.192. The normalized spacial score (nSPS) is 11.9. The molecule has 0 spiro atoms. The summed E-state index contributed by atoms with van der Waals surface area (Å²) in [6.07, 6.45) is -11.6. The number of benzene rings is 6. The molecule has 7 aromatic rings. The number of alkyl halides is 3. The van der Waals surface area contributed by atoms with E-state index in [0.717, 1.165) is 17.0 Å². The molecule has 0 aliphatic carbocycles. The third-order valence-corrected chi connectivity index (χ3v) is 10.1. The largest absolute Gasteiger partial charge is 0.477 e. The van der Waals surface area contributed by atoms with Crippen molar-refractivity contribution in [3.63, 3.8) is 0 Å². The fourth-order valence-electron chi connectivity index (χ4n) is 7.32. The minimum Gasteiger partial charge on any atom is -0.207 e. The quantitative estimate of drug-likeness (QED) is 0.0514. The summed E-state index contributed by atoms with van der Waals surface area (Å²) in [5.74, 6) is -71.4. The number of aromatic nitrogens is 1. The van der Waals surface area contributed by atoms with Crippen LogP contribution in [0.2, 0.25) is 0 Å². The smallest absolute Gasteiger partial charge is 0.207 e. The summed E-state index contributed by atoms with van der Waals surface area (Å²) in [5, 5.41) is 0.793. The summed E-state index contributed by atoms with van der Waals surface area (Å²) in [6, 6.07) is 18.9. The highest BCUT2D eigenvalue weighted by atomic mass is 19.4. The van der Waals surface area contributed by atoms with Crippen LogP contribution in [-0.4, -0.2) is 6.15 Å². The summed E-state index contributed by atoms with van der Waals surface area (Å²) >= 11 is 0. The number of pyridine rings is 1. The van der Waals surface area contributed by atoms with Crippen molar-refractivity contribution in [3.8, 4) is 0 Å². The van der Waals surface area contributed by atoms with E-state index >= 15 is 35.1 Å². The van der Waals surface area contributed by atoms with Crippen LogP contribution in [0.5, 0.6) is 0 Å². The zero-order valence-corrected chi connectivity index (χ0v) is 31.3. The Kier molecular flexibility index (Phi) is 12.9. The van der Waals surface area contributed by atoms with Crippen LogP contribution < -0.4 is 26.4 Å². The number of rotatable bonds is 6. The van der Waals surface area contributed by atoms with Crippen molar-refractivity contribution in [1.29, 1.82) is 0 Å². The second-order valence-corrected chi connectivity index (χ2v) is 13.6. The summed E-state index contributed by atoms with van der Waals surface area (Å²) in [5.41, 5.74) is -13.5. The first-order valence-corrected chi connectivity index (χ1v) is 17.5. The van der Waals surface area contributed by atoms with Crippen LogP contribution in [0.15, 0.2) is 66.7 Å². The third-order valence-electron chi connectivity index (χ3n) is 10.1. The molecule has 1 aromatic heterocycles. The van der Waals surface area contributed by atoms with Crippen LogP contribution >= 0.6 is 0 Å². The molecular formula is C41H13BF23N. The van der Waals surface area contributed by atoms with Gasteiger partial charge in [0.25, 0.3) is 5.69 Å². The highest BCUT2D eigenvalue weighted by Gasteiger charge is 2.52. The Hall–Kier alpha value is -6.82. The first-order chi connectivity index (χ1) is 30.8. The number of hydrogen-bond donors (Lipinski definition) is 0. The molecule has 0 amide bonds. The van der Waals surface area contributed by atoms with Crippen LogP contribution in [-0.2, 0) is 12.7 Å². The molecule has 25 heteroatoms. The van der Waals surface area contributed by atoms with E-state index in [2.05, 4.69) is 0 Å². The Morgan fingerprint density at radius 2 is 0.591 bits per heavy atom. The molecule has 1 heterocycles. The van der Waals surface area contributed by atoms with E-state index < -0.39 is 156 Å². The zero-order chi connectivity index (χ0) is 49.2. The van der Waals surface area contributed by atoms with E-state index in [-0.39, 0.29) is 6.54 Å². The molecule has 0 radical (unpaired) electrons. The molecule has 0 saturated carbocycles. The molecule has 1 nitrogen and oxygen atoms in total. The van der Waals surface area contributed by atoms with Gasteiger partial charge in [0, 0.05) is 23.1 Å². The van der Waals surface area contributed by atoms with Gasteiger partial charge >= 0.3 is 6.18 Å². The van der Waals surface area contributed by atoms with Gasteiger partial charge in [-0.1, -0.05) is 42.5 Å². The topological polar surface area (TPSA) is 3.88 Å². The lowest BCUT2D eigenvalue weighted by atomic mass is 9.12. The van der Waals surface area contributed by atoms with Crippen molar-refractivity contribution in [3.05, 3.63) is 194 Å². The molecular weight excluding hydrogens is 954 g/mol. The van der Waals surface area contributed by atoms with Crippen molar-refractivity contribution in [1.82, 2.24) is 0 Å². The predicted octanol–water partition coefficient (Wildman–Crippen LogP) is 10.0. The number of para-hydroxylation sites is 1. The SMILES string of the molecule is FC(F)(F)c1ccc2ccccc2[n+]1Cc1ccccc1.Fc1c(F)c(F)c([B-](c2c(F)c(F)c(F)c(F)c2F)(c2c(F)c(F)c(F)c(F)c2F)c2c(F)c(F)c(F)c(F)c2F)c(F)c1F. The molecule has 0 fully saturated rings. The molecule has 6 aromatic carbocycles. The minimum atomic E-state index is -7.22. The van der Waals surface area contributed by atoms with E-state index in [1.165, 1.54) is 10.6 Å². The standard InChI is InChI=1S/C24BF20.C17H13F3N/c26-5-1(6(27)14(35)21(42)13(5)34)25(2-7(28)15(36)22(43)16(37)8(2)29,3-9(30)17(38)23(44)18(39)10(3)31)4-11(32)19(40)24(45)20(41)12(4)33;18-17(19,20)16-11-10-14-8-4-5-9-15(14)21(16)12-13-6-2-1-3-7-13/h;1-11H,12H2/q-1;+1. The third kappa shape index (κ3) is 7.50.